The van der Waals surface area contributed by atoms with Crippen LogP contribution in [0.3, 0.4) is 0 Å². The van der Waals surface area contributed by atoms with Crippen LogP contribution in [-0.2, 0) is 21.6 Å². The third-order valence-corrected chi connectivity index (χ3v) is 5.50. The van der Waals surface area contributed by atoms with E-state index < -0.39 is 5.60 Å². The van der Waals surface area contributed by atoms with Crippen LogP contribution in [0.25, 0.3) is 0 Å². The van der Waals surface area contributed by atoms with Gasteiger partial charge in [0.15, 0.2) is 0 Å². The van der Waals surface area contributed by atoms with Crippen molar-refractivity contribution in [1.82, 2.24) is 0 Å². The van der Waals surface area contributed by atoms with Crippen molar-refractivity contribution in [3.05, 3.63) is 35.4 Å². The minimum Gasteiger partial charge on any atom is -0.454 e. The van der Waals surface area contributed by atoms with E-state index in [1.807, 2.05) is 13.8 Å². The molecule has 0 N–H and O–H groups in total. The Balaban J connectivity index is 2.05. The van der Waals surface area contributed by atoms with Gasteiger partial charge in [0.25, 0.3) is 0 Å². The monoisotopic (exact) mass is 272 g/mol. The highest BCUT2D eigenvalue weighted by atomic mass is 16.6. The first kappa shape index (κ1) is 13.7. The van der Waals surface area contributed by atoms with E-state index in [1.165, 1.54) is 30.4 Å². The first-order valence-corrected chi connectivity index (χ1v) is 7.80. The standard InChI is InChI=1S/C18H24O2/c1-13(2)16(19)20-17(3)15-8-5-4-7-14(15)9-12-18(17)10-6-11-18/h4-5,7-8,13H,6,9-12H2,1-3H3. The van der Waals surface area contributed by atoms with Crippen LogP contribution < -0.4 is 0 Å². The molecule has 0 aliphatic heterocycles. The van der Waals surface area contributed by atoms with E-state index in [2.05, 4.69) is 31.2 Å². The Morgan fingerprint density at radius 1 is 1.20 bits per heavy atom. The molecule has 108 valence electrons. The SMILES string of the molecule is CC(C)C(=O)OC1(C)c2ccccc2CCC12CCC2. The predicted molar refractivity (Wildman–Crippen MR) is 79.3 cm³/mol. The Kier molecular flexibility index (Phi) is 3.15. The molecule has 20 heavy (non-hydrogen) atoms. The summed E-state index contributed by atoms with van der Waals surface area (Å²) < 4.78 is 6.09. The summed E-state index contributed by atoms with van der Waals surface area (Å²) in [5.74, 6) is -0.145. The summed E-state index contributed by atoms with van der Waals surface area (Å²) in [5, 5.41) is 0. The lowest BCUT2D eigenvalue weighted by Gasteiger charge is -2.57. The number of aryl methyl sites for hydroxylation is 1. The van der Waals surface area contributed by atoms with Crippen LogP contribution in [0.4, 0.5) is 0 Å². The Bertz CT molecular complexity index is 528. The molecule has 1 unspecified atom stereocenters. The predicted octanol–water partition coefficient (Wildman–Crippen LogP) is 4.22. The smallest absolute Gasteiger partial charge is 0.309 e. The van der Waals surface area contributed by atoms with Crippen molar-refractivity contribution in [2.75, 3.05) is 0 Å². The molecule has 2 heteroatoms. The number of hydrogen-bond acceptors (Lipinski definition) is 2. The Morgan fingerprint density at radius 2 is 1.90 bits per heavy atom. The molecule has 0 aromatic heterocycles. The van der Waals surface area contributed by atoms with Crippen LogP contribution >= 0.6 is 0 Å². The summed E-state index contributed by atoms with van der Waals surface area (Å²) in [7, 11) is 0. The third kappa shape index (κ3) is 1.81. The van der Waals surface area contributed by atoms with Gasteiger partial charge in [-0.2, -0.15) is 0 Å². The summed E-state index contributed by atoms with van der Waals surface area (Å²) in [4.78, 5) is 12.2. The van der Waals surface area contributed by atoms with E-state index in [1.54, 1.807) is 0 Å². The van der Waals surface area contributed by atoms with Crippen LogP contribution in [-0.4, -0.2) is 5.97 Å². The van der Waals surface area contributed by atoms with E-state index in [4.69, 9.17) is 4.74 Å². The lowest BCUT2D eigenvalue weighted by atomic mass is 9.52. The minimum atomic E-state index is -0.443. The molecule has 3 rings (SSSR count). The van der Waals surface area contributed by atoms with Crippen LogP contribution in [0.15, 0.2) is 24.3 Å². The van der Waals surface area contributed by atoms with Crippen molar-refractivity contribution in [2.24, 2.45) is 11.3 Å². The fraction of sp³-hybridized carbons (Fsp3) is 0.611. The van der Waals surface area contributed by atoms with E-state index in [9.17, 15) is 4.79 Å². The number of fused-ring (bicyclic) bond motifs is 1. The molecule has 2 aliphatic carbocycles. The van der Waals surface area contributed by atoms with Gasteiger partial charge in [0, 0.05) is 5.41 Å². The molecule has 1 spiro atoms. The Labute approximate surface area is 121 Å². The van der Waals surface area contributed by atoms with Crippen molar-refractivity contribution < 1.29 is 9.53 Å². The Hall–Kier alpha value is -1.31. The van der Waals surface area contributed by atoms with Crippen LogP contribution in [0.1, 0.15) is 57.6 Å². The summed E-state index contributed by atoms with van der Waals surface area (Å²) in [6, 6.07) is 8.49. The van der Waals surface area contributed by atoms with E-state index in [0.29, 0.717) is 0 Å². The maximum absolute atomic E-state index is 12.2. The van der Waals surface area contributed by atoms with Crippen LogP contribution in [0.5, 0.6) is 0 Å². The number of hydrogen-bond donors (Lipinski definition) is 0. The van der Waals surface area contributed by atoms with E-state index >= 15 is 0 Å². The highest BCUT2D eigenvalue weighted by Crippen LogP contribution is 2.61. The van der Waals surface area contributed by atoms with Crippen molar-refractivity contribution in [3.63, 3.8) is 0 Å². The van der Waals surface area contributed by atoms with Gasteiger partial charge in [0.1, 0.15) is 5.60 Å². The van der Waals surface area contributed by atoms with Crippen molar-refractivity contribution in [2.45, 2.75) is 58.5 Å². The summed E-state index contributed by atoms with van der Waals surface area (Å²) >= 11 is 0. The quantitative estimate of drug-likeness (QED) is 0.754. The topological polar surface area (TPSA) is 26.3 Å². The molecular weight excluding hydrogens is 248 g/mol. The molecule has 1 fully saturated rings. The van der Waals surface area contributed by atoms with E-state index in [0.717, 1.165) is 12.8 Å². The lowest BCUT2D eigenvalue weighted by Crippen LogP contribution is -2.54. The van der Waals surface area contributed by atoms with Crippen molar-refractivity contribution in [1.29, 1.82) is 0 Å². The van der Waals surface area contributed by atoms with Gasteiger partial charge in [0.2, 0.25) is 0 Å². The summed E-state index contributed by atoms with van der Waals surface area (Å²) in [6.07, 6.45) is 5.89. The molecular formula is C18H24O2. The minimum absolute atomic E-state index is 0.0713. The highest BCUT2D eigenvalue weighted by molar-refractivity contribution is 5.72. The maximum atomic E-state index is 12.2. The van der Waals surface area contributed by atoms with Gasteiger partial charge in [-0.3, -0.25) is 4.79 Å². The molecule has 1 atom stereocenters. The second kappa shape index (κ2) is 4.61. The molecule has 0 radical (unpaired) electrons. The van der Waals surface area contributed by atoms with Gasteiger partial charge in [0.05, 0.1) is 5.92 Å². The number of esters is 1. The zero-order chi connectivity index (χ0) is 14.4. The molecule has 1 aromatic rings. The summed E-state index contributed by atoms with van der Waals surface area (Å²) in [6.45, 7) is 5.96. The Morgan fingerprint density at radius 3 is 2.50 bits per heavy atom. The number of rotatable bonds is 2. The van der Waals surface area contributed by atoms with E-state index in [-0.39, 0.29) is 17.3 Å². The molecule has 1 saturated carbocycles. The number of benzene rings is 1. The van der Waals surface area contributed by atoms with Gasteiger partial charge in [-0.25, -0.2) is 0 Å². The largest absolute Gasteiger partial charge is 0.454 e. The first-order chi connectivity index (χ1) is 9.48. The first-order valence-electron chi connectivity index (χ1n) is 7.80. The second-order valence-corrected chi connectivity index (χ2v) is 6.90. The molecule has 0 heterocycles. The molecule has 0 saturated heterocycles. The number of carbonyl (C=O) groups excluding carboxylic acids is 1. The van der Waals surface area contributed by atoms with Gasteiger partial charge in [-0.1, -0.05) is 44.5 Å². The average Bonchev–Trinajstić information content (AvgIpc) is 2.37. The van der Waals surface area contributed by atoms with Gasteiger partial charge >= 0.3 is 5.97 Å². The third-order valence-electron chi connectivity index (χ3n) is 5.50. The fourth-order valence-corrected chi connectivity index (χ4v) is 3.91. The van der Waals surface area contributed by atoms with Gasteiger partial charge < -0.3 is 4.74 Å². The second-order valence-electron chi connectivity index (χ2n) is 6.90. The zero-order valence-corrected chi connectivity index (χ0v) is 12.7. The molecule has 0 bridgehead atoms. The molecule has 2 nitrogen and oxygen atoms in total. The van der Waals surface area contributed by atoms with Gasteiger partial charge in [-0.05, 0) is 43.7 Å². The molecule has 1 aromatic carbocycles. The normalized spacial score (nSPS) is 27.0. The van der Waals surface area contributed by atoms with Crippen molar-refractivity contribution in [3.8, 4) is 0 Å². The van der Waals surface area contributed by atoms with Gasteiger partial charge in [-0.15, -0.1) is 0 Å². The number of carbonyl (C=O) groups is 1. The zero-order valence-electron chi connectivity index (χ0n) is 12.7. The average molecular weight is 272 g/mol. The fourth-order valence-electron chi connectivity index (χ4n) is 3.91. The van der Waals surface area contributed by atoms with Crippen LogP contribution in [0.2, 0.25) is 0 Å². The number of ether oxygens (including phenoxy) is 1. The summed E-state index contributed by atoms with van der Waals surface area (Å²) in [5.41, 5.74) is 2.32. The lowest BCUT2D eigenvalue weighted by molar-refractivity contribution is -0.197. The molecule has 0 amide bonds. The highest BCUT2D eigenvalue weighted by Gasteiger charge is 2.57. The maximum Gasteiger partial charge on any atom is 0.309 e. The van der Waals surface area contributed by atoms with Crippen molar-refractivity contribution >= 4 is 5.97 Å². The molecule has 2 aliphatic rings. The van der Waals surface area contributed by atoms with Crippen LogP contribution in [0, 0.1) is 11.3 Å².